The monoisotopic (exact) mass is 304 g/mol. The van der Waals surface area contributed by atoms with E-state index in [0.29, 0.717) is 11.0 Å². The largest absolute Gasteiger partial charge is 0.262 e. The molecule has 0 aliphatic heterocycles. The lowest BCUT2D eigenvalue weighted by atomic mass is 10.5. The van der Waals surface area contributed by atoms with Crippen molar-refractivity contribution >= 4 is 26.0 Å². The molecule has 1 aromatic rings. The molecule has 1 aromatic heterocycles. The van der Waals surface area contributed by atoms with Gasteiger partial charge in [-0.2, -0.15) is 4.31 Å². The second-order valence-electron chi connectivity index (χ2n) is 3.78. The van der Waals surface area contributed by atoms with E-state index in [-0.39, 0.29) is 10.9 Å². The predicted octanol–water partition coefficient (Wildman–Crippen LogP) is 2.02. The zero-order valence-corrected chi connectivity index (χ0v) is 11.3. The van der Waals surface area contributed by atoms with E-state index in [4.69, 9.17) is 0 Å². The summed E-state index contributed by atoms with van der Waals surface area (Å²) < 4.78 is 26.8. The SMILES string of the molecule is CCN(C1CC1)S(=O)(=O)c1cncc(Br)c1. The van der Waals surface area contributed by atoms with Gasteiger partial charge in [0, 0.05) is 29.5 Å². The molecule has 1 heterocycles. The Labute approximate surface area is 104 Å². The zero-order valence-electron chi connectivity index (χ0n) is 8.93. The first-order chi connectivity index (χ1) is 7.55. The van der Waals surface area contributed by atoms with Crippen LogP contribution in [-0.2, 0) is 10.0 Å². The minimum atomic E-state index is -3.37. The van der Waals surface area contributed by atoms with Crippen molar-refractivity contribution in [2.24, 2.45) is 0 Å². The topological polar surface area (TPSA) is 50.3 Å². The maximum atomic E-state index is 12.3. The van der Waals surface area contributed by atoms with E-state index in [1.165, 1.54) is 6.20 Å². The van der Waals surface area contributed by atoms with Crippen molar-refractivity contribution in [3.8, 4) is 0 Å². The van der Waals surface area contributed by atoms with E-state index < -0.39 is 10.0 Å². The van der Waals surface area contributed by atoms with Crippen LogP contribution in [0.1, 0.15) is 19.8 Å². The highest BCUT2D eigenvalue weighted by molar-refractivity contribution is 9.10. The molecule has 0 spiro atoms. The lowest BCUT2D eigenvalue weighted by molar-refractivity contribution is 0.420. The van der Waals surface area contributed by atoms with Gasteiger partial charge in [-0.25, -0.2) is 8.42 Å². The van der Waals surface area contributed by atoms with Crippen molar-refractivity contribution in [3.63, 3.8) is 0 Å². The molecule has 1 fully saturated rings. The fourth-order valence-electron chi connectivity index (χ4n) is 1.66. The molecule has 88 valence electrons. The summed E-state index contributed by atoms with van der Waals surface area (Å²) in [6.07, 6.45) is 4.90. The summed E-state index contributed by atoms with van der Waals surface area (Å²) in [5.41, 5.74) is 0. The fraction of sp³-hybridized carbons (Fsp3) is 0.500. The number of nitrogens with zero attached hydrogens (tertiary/aromatic N) is 2. The lowest BCUT2D eigenvalue weighted by Crippen LogP contribution is -2.32. The van der Waals surface area contributed by atoms with E-state index in [1.807, 2.05) is 6.92 Å². The number of aromatic nitrogens is 1. The number of hydrogen-bond donors (Lipinski definition) is 0. The number of hydrogen-bond acceptors (Lipinski definition) is 3. The summed E-state index contributed by atoms with van der Waals surface area (Å²) >= 11 is 3.23. The van der Waals surface area contributed by atoms with Gasteiger partial charge in [0.1, 0.15) is 4.90 Å². The molecule has 6 heteroatoms. The van der Waals surface area contributed by atoms with E-state index in [1.54, 1.807) is 16.6 Å². The second kappa shape index (κ2) is 4.43. The van der Waals surface area contributed by atoms with Crippen molar-refractivity contribution in [2.75, 3.05) is 6.54 Å². The van der Waals surface area contributed by atoms with Crippen LogP contribution in [0.3, 0.4) is 0 Å². The van der Waals surface area contributed by atoms with Crippen LogP contribution in [-0.4, -0.2) is 30.3 Å². The summed E-state index contributed by atoms with van der Waals surface area (Å²) in [6.45, 7) is 2.38. The zero-order chi connectivity index (χ0) is 11.8. The van der Waals surface area contributed by atoms with Crippen LogP contribution in [0, 0.1) is 0 Å². The molecule has 0 unspecified atom stereocenters. The third-order valence-electron chi connectivity index (χ3n) is 2.55. The van der Waals surface area contributed by atoms with Crippen molar-refractivity contribution in [1.29, 1.82) is 0 Å². The van der Waals surface area contributed by atoms with E-state index in [2.05, 4.69) is 20.9 Å². The average Bonchev–Trinajstić information content (AvgIpc) is 3.03. The minimum Gasteiger partial charge on any atom is -0.262 e. The number of halogens is 1. The summed E-state index contributed by atoms with van der Waals surface area (Å²) in [4.78, 5) is 4.15. The fourth-order valence-corrected chi connectivity index (χ4v) is 3.86. The predicted molar refractivity (Wildman–Crippen MR) is 64.5 cm³/mol. The third-order valence-corrected chi connectivity index (χ3v) is 4.98. The molecule has 1 aliphatic carbocycles. The quantitative estimate of drug-likeness (QED) is 0.855. The highest BCUT2D eigenvalue weighted by Crippen LogP contribution is 2.31. The van der Waals surface area contributed by atoms with Crippen LogP contribution in [0.25, 0.3) is 0 Å². The standard InChI is InChI=1S/C10H13BrN2O2S/c1-2-13(9-3-4-9)16(14,15)10-5-8(11)6-12-7-10/h5-7,9H,2-4H2,1H3. The molecule has 0 amide bonds. The molecule has 16 heavy (non-hydrogen) atoms. The van der Waals surface area contributed by atoms with Crippen LogP contribution < -0.4 is 0 Å². The molecule has 0 N–H and O–H groups in total. The second-order valence-corrected chi connectivity index (χ2v) is 6.58. The van der Waals surface area contributed by atoms with Crippen LogP contribution in [0.4, 0.5) is 0 Å². The van der Waals surface area contributed by atoms with Gasteiger partial charge in [-0.3, -0.25) is 4.98 Å². The van der Waals surface area contributed by atoms with Gasteiger partial charge in [0.2, 0.25) is 10.0 Å². The molecule has 0 aromatic carbocycles. The van der Waals surface area contributed by atoms with Gasteiger partial charge < -0.3 is 0 Å². The lowest BCUT2D eigenvalue weighted by Gasteiger charge is -2.19. The molecule has 0 atom stereocenters. The van der Waals surface area contributed by atoms with Gasteiger partial charge >= 0.3 is 0 Å². The Kier molecular flexibility index (Phi) is 3.32. The Bertz CT molecular complexity index is 485. The van der Waals surface area contributed by atoms with Gasteiger partial charge in [-0.05, 0) is 34.8 Å². The molecule has 0 radical (unpaired) electrons. The van der Waals surface area contributed by atoms with Crippen molar-refractivity contribution in [1.82, 2.24) is 9.29 Å². The van der Waals surface area contributed by atoms with E-state index in [9.17, 15) is 8.42 Å². The van der Waals surface area contributed by atoms with Crippen LogP contribution >= 0.6 is 15.9 Å². The molecule has 4 nitrogen and oxygen atoms in total. The first-order valence-corrected chi connectivity index (χ1v) is 7.41. The Balaban J connectivity index is 2.37. The first kappa shape index (κ1) is 12.0. The maximum absolute atomic E-state index is 12.3. The van der Waals surface area contributed by atoms with Crippen LogP contribution in [0.15, 0.2) is 27.8 Å². The highest BCUT2D eigenvalue weighted by atomic mass is 79.9. The Hall–Kier alpha value is -0.460. The van der Waals surface area contributed by atoms with Crippen molar-refractivity contribution in [3.05, 3.63) is 22.9 Å². The summed E-state index contributed by atoms with van der Waals surface area (Å²) in [5.74, 6) is 0. The van der Waals surface area contributed by atoms with Crippen LogP contribution in [0.2, 0.25) is 0 Å². The van der Waals surface area contributed by atoms with Gasteiger partial charge in [-0.1, -0.05) is 6.92 Å². The average molecular weight is 305 g/mol. The Morgan fingerprint density at radius 1 is 1.50 bits per heavy atom. The normalized spacial score (nSPS) is 16.7. The molecule has 0 bridgehead atoms. The smallest absolute Gasteiger partial charge is 0.244 e. The summed E-state index contributed by atoms with van der Waals surface area (Å²) in [7, 11) is -3.37. The van der Waals surface area contributed by atoms with Gasteiger partial charge in [-0.15, -0.1) is 0 Å². The maximum Gasteiger partial charge on any atom is 0.244 e. The third kappa shape index (κ3) is 2.28. The van der Waals surface area contributed by atoms with Gasteiger partial charge in [0.05, 0.1) is 0 Å². The molecule has 2 rings (SSSR count). The molecule has 1 aliphatic rings. The van der Waals surface area contributed by atoms with Crippen LogP contribution in [0.5, 0.6) is 0 Å². The molecule has 1 saturated carbocycles. The van der Waals surface area contributed by atoms with Gasteiger partial charge in [0.15, 0.2) is 0 Å². The molecule has 0 saturated heterocycles. The van der Waals surface area contributed by atoms with Crippen molar-refractivity contribution < 1.29 is 8.42 Å². The Morgan fingerprint density at radius 2 is 2.19 bits per heavy atom. The first-order valence-electron chi connectivity index (χ1n) is 5.18. The molecular weight excluding hydrogens is 292 g/mol. The van der Waals surface area contributed by atoms with E-state index >= 15 is 0 Å². The summed E-state index contributed by atoms with van der Waals surface area (Å²) in [6, 6.07) is 1.78. The Morgan fingerprint density at radius 3 is 2.69 bits per heavy atom. The minimum absolute atomic E-state index is 0.189. The number of sulfonamides is 1. The molecular formula is C10H13BrN2O2S. The summed E-state index contributed by atoms with van der Waals surface area (Å²) in [5, 5.41) is 0. The number of pyridine rings is 1. The van der Waals surface area contributed by atoms with Crippen molar-refractivity contribution in [2.45, 2.75) is 30.7 Å². The van der Waals surface area contributed by atoms with Gasteiger partial charge in [0.25, 0.3) is 0 Å². The van der Waals surface area contributed by atoms with E-state index in [0.717, 1.165) is 12.8 Å². The highest BCUT2D eigenvalue weighted by Gasteiger charge is 2.36. The number of rotatable bonds is 4.